The molecule has 1 aromatic heterocycles. The van der Waals surface area contributed by atoms with Crippen LogP contribution in [-0.2, 0) is 27.2 Å². The molecule has 1 spiro atoms. The zero-order valence-corrected chi connectivity index (χ0v) is 15.6. The number of likely N-dealkylation sites (tertiary alicyclic amines) is 2. The molecule has 0 unspecified atom stereocenters. The molecule has 0 atom stereocenters. The summed E-state index contributed by atoms with van der Waals surface area (Å²) in [5.74, 6) is -0.248. The van der Waals surface area contributed by atoms with Gasteiger partial charge in [0.25, 0.3) is 0 Å². The van der Waals surface area contributed by atoms with E-state index in [1.54, 1.807) is 11.3 Å². The summed E-state index contributed by atoms with van der Waals surface area (Å²) in [6, 6.07) is 0. The maximum atomic E-state index is 12.6. The number of amides is 1. The summed E-state index contributed by atoms with van der Waals surface area (Å²) in [5.41, 5.74) is 0.913. The molecule has 0 saturated carbocycles. The fourth-order valence-electron chi connectivity index (χ4n) is 3.96. The second-order valence-electron chi connectivity index (χ2n) is 7.23. The molecule has 7 heteroatoms. The number of hydrogen-bond acceptors (Lipinski definition) is 6. The van der Waals surface area contributed by atoms with Crippen LogP contribution in [0, 0.1) is 0 Å². The predicted octanol–water partition coefficient (Wildman–Crippen LogP) is 2.04. The van der Waals surface area contributed by atoms with E-state index < -0.39 is 5.79 Å². The van der Waals surface area contributed by atoms with Gasteiger partial charge in [0.2, 0.25) is 5.91 Å². The van der Waals surface area contributed by atoms with Gasteiger partial charge in [-0.05, 0) is 25.9 Å². The van der Waals surface area contributed by atoms with E-state index in [4.69, 9.17) is 14.5 Å². The second-order valence-corrected chi connectivity index (χ2v) is 8.18. The van der Waals surface area contributed by atoms with Crippen molar-refractivity contribution in [3.05, 3.63) is 16.1 Å². The highest BCUT2D eigenvalue weighted by atomic mass is 32.1. The zero-order valence-electron chi connectivity index (χ0n) is 14.7. The first kappa shape index (κ1) is 17.4. The van der Waals surface area contributed by atoms with Crippen molar-refractivity contribution >= 4 is 17.2 Å². The summed E-state index contributed by atoms with van der Waals surface area (Å²) in [6.45, 7) is 6.05. The molecule has 3 fully saturated rings. The van der Waals surface area contributed by atoms with Crippen molar-refractivity contribution in [2.24, 2.45) is 0 Å². The molecular weight excluding hydrogens is 338 g/mol. The third-order valence-electron chi connectivity index (χ3n) is 5.43. The number of rotatable bonds is 4. The maximum absolute atomic E-state index is 12.6. The molecule has 0 N–H and O–H groups in total. The van der Waals surface area contributed by atoms with Gasteiger partial charge in [0.1, 0.15) is 5.01 Å². The van der Waals surface area contributed by atoms with Crippen LogP contribution in [0.25, 0.3) is 0 Å². The first-order valence-electron chi connectivity index (χ1n) is 9.44. The fraction of sp³-hybridized carbons (Fsp3) is 0.778. The number of aromatic nitrogens is 1. The molecule has 138 valence electrons. The van der Waals surface area contributed by atoms with Crippen molar-refractivity contribution in [1.82, 2.24) is 14.8 Å². The Balaban J connectivity index is 1.26. The average Bonchev–Trinajstić information content (AvgIpc) is 3.26. The molecule has 1 aromatic rings. The first-order valence-corrected chi connectivity index (χ1v) is 10.3. The molecule has 3 aliphatic heterocycles. The third-order valence-corrected chi connectivity index (χ3v) is 6.31. The highest BCUT2D eigenvalue weighted by molar-refractivity contribution is 7.09. The Morgan fingerprint density at radius 3 is 2.56 bits per heavy atom. The van der Waals surface area contributed by atoms with Gasteiger partial charge in [-0.25, -0.2) is 4.98 Å². The van der Waals surface area contributed by atoms with Gasteiger partial charge in [-0.2, -0.15) is 0 Å². The van der Waals surface area contributed by atoms with Crippen molar-refractivity contribution in [3.8, 4) is 0 Å². The number of nitrogens with zero attached hydrogens (tertiary/aromatic N) is 3. The highest BCUT2D eigenvalue weighted by Crippen LogP contribution is 2.31. The minimum atomic E-state index is -0.418. The average molecular weight is 365 g/mol. The summed E-state index contributed by atoms with van der Waals surface area (Å²) in [4.78, 5) is 21.7. The van der Waals surface area contributed by atoms with Gasteiger partial charge in [-0.3, -0.25) is 9.69 Å². The normalized spacial score (nSPS) is 24.1. The number of thiazole rings is 1. The topological polar surface area (TPSA) is 54.9 Å². The quantitative estimate of drug-likeness (QED) is 0.817. The predicted molar refractivity (Wildman–Crippen MR) is 95.4 cm³/mol. The van der Waals surface area contributed by atoms with Gasteiger partial charge >= 0.3 is 0 Å². The SMILES string of the molecule is O=C(Cc1csc(CN2CCCCC2)n1)N1CCC2(CC1)OCCO2. The molecule has 4 rings (SSSR count). The monoisotopic (exact) mass is 365 g/mol. The van der Waals surface area contributed by atoms with E-state index in [0.29, 0.717) is 32.7 Å². The summed E-state index contributed by atoms with van der Waals surface area (Å²) >= 11 is 1.68. The lowest BCUT2D eigenvalue weighted by atomic mass is 10.0. The Morgan fingerprint density at radius 2 is 1.84 bits per heavy atom. The van der Waals surface area contributed by atoms with E-state index in [1.165, 1.54) is 32.4 Å². The second kappa shape index (κ2) is 7.70. The number of piperidine rings is 2. The molecule has 1 amide bonds. The maximum Gasteiger partial charge on any atom is 0.228 e. The minimum absolute atomic E-state index is 0.169. The lowest BCUT2D eigenvalue weighted by Crippen LogP contribution is -2.47. The lowest BCUT2D eigenvalue weighted by molar-refractivity contribution is -0.187. The van der Waals surface area contributed by atoms with Crippen LogP contribution in [0.3, 0.4) is 0 Å². The molecule has 0 radical (unpaired) electrons. The van der Waals surface area contributed by atoms with Crippen LogP contribution in [0.5, 0.6) is 0 Å². The molecule has 4 heterocycles. The molecule has 0 aromatic carbocycles. The largest absolute Gasteiger partial charge is 0.347 e. The summed E-state index contributed by atoms with van der Waals surface area (Å²) in [5, 5.41) is 3.18. The van der Waals surface area contributed by atoms with E-state index in [2.05, 4.69) is 4.90 Å². The van der Waals surface area contributed by atoms with Gasteiger partial charge < -0.3 is 14.4 Å². The Hall–Kier alpha value is -1.02. The fourth-order valence-corrected chi connectivity index (χ4v) is 4.80. The van der Waals surface area contributed by atoms with Gasteiger partial charge in [0.05, 0.1) is 31.9 Å². The van der Waals surface area contributed by atoms with Crippen molar-refractivity contribution in [3.63, 3.8) is 0 Å². The van der Waals surface area contributed by atoms with Crippen LogP contribution in [0.2, 0.25) is 0 Å². The van der Waals surface area contributed by atoms with Crippen molar-refractivity contribution < 1.29 is 14.3 Å². The smallest absolute Gasteiger partial charge is 0.228 e. The molecular formula is C18H27N3O3S. The summed E-state index contributed by atoms with van der Waals surface area (Å²) in [7, 11) is 0. The first-order chi connectivity index (χ1) is 12.2. The van der Waals surface area contributed by atoms with Crippen LogP contribution >= 0.6 is 11.3 Å². The lowest BCUT2D eigenvalue weighted by Gasteiger charge is -2.37. The Bertz CT molecular complexity index is 584. The van der Waals surface area contributed by atoms with Gasteiger partial charge in [-0.15, -0.1) is 11.3 Å². The molecule has 25 heavy (non-hydrogen) atoms. The van der Waals surface area contributed by atoms with E-state index in [0.717, 1.165) is 30.1 Å². The highest BCUT2D eigenvalue weighted by Gasteiger charge is 2.40. The van der Waals surface area contributed by atoms with Gasteiger partial charge in [-0.1, -0.05) is 6.42 Å². The minimum Gasteiger partial charge on any atom is -0.347 e. The van der Waals surface area contributed by atoms with Crippen molar-refractivity contribution in [1.29, 1.82) is 0 Å². The Morgan fingerprint density at radius 1 is 1.12 bits per heavy atom. The molecule has 0 bridgehead atoms. The van der Waals surface area contributed by atoms with Crippen LogP contribution in [0.4, 0.5) is 0 Å². The summed E-state index contributed by atoms with van der Waals surface area (Å²) < 4.78 is 11.5. The van der Waals surface area contributed by atoms with E-state index in [1.807, 2.05) is 10.3 Å². The van der Waals surface area contributed by atoms with E-state index in [-0.39, 0.29) is 5.91 Å². The van der Waals surface area contributed by atoms with E-state index in [9.17, 15) is 4.79 Å². The standard InChI is InChI=1S/C18H27N3O3S/c22-17(21-8-4-18(5-9-21)23-10-11-24-18)12-15-14-25-16(19-15)13-20-6-2-1-3-7-20/h14H,1-13H2. The Labute approximate surface area is 153 Å². The molecule has 3 aliphatic rings. The third kappa shape index (κ3) is 4.22. The Kier molecular flexibility index (Phi) is 5.36. The molecule has 3 saturated heterocycles. The van der Waals surface area contributed by atoms with Crippen LogP contribution in [0.1, 0.15) is 42.8 Å². The van der Waals surface area contributed by atoms with Gasteiger partial charge in [0, 0.05) is 31.3 Å². The summed E-state index contributed by atoms with van der Waals surface area (Å²) in [6.07, 6.45) is 5.89. The molecule has 0 aliphatic carbocycles. The zero-order chi connectivity index (χ0) is 17.1. The van der Waals surface area contributed by atoms with Gasteiger partial charge in [0.15, 0.2) is 5.79 Å². The van der Waals surface area contributed by atoms with Crippen molar-refractivity contribution in [2.45, 2.75) is 50.9 Å². The van der Waals surface area contributed by atoms with Crippen LogP contribution < -0.4 is 0 Å². The number of hydrogen-bond donors (Lipinski definition) is 0. The van der Waals surface area contributed by atoms with Crippen LogP contribution in [-0.4, -0.2) is 65.9 Å². The number of ether oxygens (including phenoxy) is 2. The van der Waals surface area contributed by atoms with E-state index >= 15 is 0 Å². The van der Waals surface area contributed by atoms with Crippen molar-refractivity contribution in [2.75, 3.05) is 39.4 Å². The molecule has 6 nitrogen and oxygen atoms in total. The number of carbonyl (C=O) groups is 1. The number of carbonyl (C=O) groups excluding carboxylic acids is 1. The van der Waals surface area contributed by atoms with Crippen LogP contribution in [0.15, 0.2) is 5.38 Å².